The normalized spacial score (nSPS) is 15.1. The van der Waals surface area contributed by atoms with E-state index in [1.807, 2.05) is 0 Å². The smallest absolute Gasteiger partial charge is 0.257 e. The lowest BCUT2D eigenvalue weighted by Crippen LogP contribution is -2.35. The van der Waals surface area contributed by atoms with Gasteiger partial charge < -0.3 is 10.1 Å². The summed E-state index contributed by atoms with van der Waals surface area (Å²) in [6.07, 6.45) is 2.51. The van der Waals surface area contributed by atoms with Crippen LogP contribution in [0.2, 0.25) is 5.02 Å². The fraction of sp³-hybridized carbons (Fsp3) is 0.350. The van der Waals surface area contributed by atoms with E-state index in [0.29, 0.717) is 25.2 Å². The standard InChI is InChI=1S/C20H21ClF2N2O4S/c1-2-29-18-7-6-13(10-19(18)30(27,28)25-8-4-3-5-9-25)24-20(26)14-11-16(22)17(23)12-15(14)21/h6-7,10-12H,2-5,8-9H2,1H3,(H,24,26). The van der Waals surface area contributed by atoms with Gasteiger partial charge >= 0.3 is 0 Å². The third kappa shape index (κ3) is 4.74. The highest BCUT2D eigenvalue weighted by Crippen LogP contribution is 2.32. The molecule has 1 aliphatic rings. The van der Waals surface area contributed by atoms with Crippen LogP contribution in [0.25, 0.3) is 0 Å². The van der Waals surface area contributed by atoms with Crippen molar-refractivity contribution in [3.8, 4) is 5.75 Å². The van der Waals surface area contributed by atoms with Crippen LogP contribution >= 0.6 is 11.6 Å². The Kier molecular flexibility index (Phi) is 6.95. The van der Waals surface area contributed by atoms with Crippen LogP contribution in [0.3, 0.4) is 0 Å². The Labute approximate surface area is 178 Å². The molecule has 1 fully saturated rings. The molecule has 0 radical (unpaired) electrons. The van der Waals surface area contributed by atoms with Crippen molar-refractivity contribution in [1.82, 2.24) is 4.31 Å². The third-order valence-corrected chi connectivity index (χ3v) is 6.92. The van der Waals surface area contributed by atoms with E-state index < -0.39 is 27.6 Å². The first kappa shape index (κ1) is 22.5. The number of anilines is 1. The number of carbonyl (C=O) groups is 1. The SMILES string of the molecule is CCOc1ccc(NC(=O)c2cc(F)c(F)cc2Cl)cc1S(=O)(=O)N1CCCCC1. The van der Waals surface area contributed by atoms with Crippen LogP contribution in [0, 0.1) is 11.6 Å². The molecule has 1 N–H and O–H groups in total. The average molecular weight is 459 g/mol. The molecule has 0 aliphatic carbocycles. The van der Waals surface area contributed by atoms with E-state index in [0.717, 1.165) is 19.3 Å². The number of nitrogens with zero attached hydrogens (tertiary/aromatic N) is 1. The minimum absolute atomic E-state index is 0.0690. The number of benzene rings is 2. The fourth-order valence-corrected chi connectivity index (χ4v) is 5.11. The number of carbonyl (C=O) groups excluding carboxylic acids is 1. The molecule has 10 heteroatoms. The number of halogens is 3. The van der Waals surface area contributed by atoms with Crippen molar-refractivity contribution in [2.45, 2.75) is 31.1 Å². The largest absolute Gasteiger partial charge is 0.492 e. The molecular formula is C20H21ClF2N2O4S. The maximum absolute atomic E-state index is 13.5. The van der Waals surface area contributed by atoms with Gasteiger partial charge in [0.15, 0.2) is 11.6 Å². The summed E-state index contributed by atoms with van der Waals surface area (Å²) in [6, 6.07) is 5.60. The zero-order chi connectivity index (χ0) is 21.9. The Morgan fingerprint density at radius 2 is 1.80 bits per heavy atom. The maximum Gasteiger partial charge on any atom is 0.257 e. The molecule has 2 aromatic rings. The summed E-state index contributed by atoms with van der Waals surface area (Å²) < 4.78 is 59.9. The molecule has 2 aromatic carbocycles. The minimum Gasteiger partial charge on any atom is -0.492 e. The van der Waals surface area contributed by atoms with E-state index in [2.05, 4.69) is 5.32 Å². The molecule has 0 aromatic heterocycles. The number of nitrogens with one attached hydrogen (secondary N) is 1. The van der Waals surface area contributed by atoms with Gasteiger partial charge in [0.1, 0.15) is 10.6 Å². The van der Waals surface area contributed by atoms with Crippen molar-refractivity contribution in [1.29, 1.82) is 0 Å². The highest BCUT2D eigenvalue weighted by molar-refractivity contribution is 7.89. The van der Waals surface area contributed by atoms with Crippen molar-refractivity contribution >= 4 is 33.2 Å². The van der Waals surface area contributed by atoms with E-state index in [9.17, 15) is 22.0 Å². The zero-order valence-corrected chi connectivity index (χ0v) is 17.8. The number of sulfonamides is 1. The van der Waals surface area contributed by atoms with Gasteiger partial charge in [-0.15, -0.1) is 0 Å². The molecule has 1 heterocycles. The van der Waals surface area contributed by atoms with Gasteiger partial charge in [0, 0.05) is 18.8 Å². The second-order valence-electron chi connectivity index (χ2n) is 6.76. The van der Waals surface area contributed by atoms with Crippen molar-refractivity contribution in [2.24, 2.45) is 0 Å². The predicted molar refractivity (Wildman–Crippen MR) is 110 cm³/mol. The van der Waals surface area contributed by atoms with Gasteiger partial charge in [0.2, 0.25) is 10.0 Å². The molecule has 3 rings (SSSR count). The monoisotopic (exact) mass is 458 g/mol. The Morgan fingerprint density at radius 1 is 1.13 bits per heavy atom. The van der Waals surface area contributed by atoms with Crippen molar-refractivity contribution in [3.63, 3.8) is 0 Å². The Hall–Kier alpha value is -2.23. The fourth-order valence-electron chi connectivity index (χ4n) is 3.20. The Bertz CT molecular complexity index is 1060. The first-order valence-electron chi connectivity index (χ1n) is 9.47. The highest BCUT2D eigenvalue weighted by Gasteiger charge is 2.29. The summed E-state index contributed by atoms with van der Waals surface area (Å²) in [6.45, 7) is 2.82. The van der Waals surface area contributed by atoms with Crippen molar-refractivity contribution < 1.29 is 26.7 Å². The molecule has 1 aliphatic heterocycles. The van der Waals surface area contributed by atoms with Gasteiger partial charge in [-0.25, -0.2) is 17.2 Å². The maximum atomic E-state index is 13.5. The highest BCUT2D eigenvalue weighted by atomic mass is 35.5. The number of hydrogen-bond donors (Lipinski definition) is 1. The topological polar surface area (TPSA) is 75.7 Å². The molecule has 0 saturated carbocycles. The summed E-state index contributed by atoms with van der Waals surface area (Å²) in [5.74, 6) is -3.02. The molecule has 0 spiro atoms. The van der Waals surface area contributed by atoms with Crippen LogP contribution in [0.5, 0.6) is 5.75 Å². The average Bonchev–Trinajstić information content (AvgIpc) is 2.72. The summed E-state index contributed by atoms with van der Waals surface area (Å²) in [5, 5.41) is 2.21. The van der Waals surface area contributed by atoms with Crippen LogP contribution in [0.15, 0.2) is 35.2 Å². The molecule has 1 saturated heterocycles. The lowest BCUT2D eigenvalue weighted by atomic mass is 10.2. The summed E-state index contributed by atoms with van der Waals surface area (Å²) in [5.41, 5.74) is -0.121. The molecule has 0 atom stereocenters. The number of rotatable bonds is 6. The van der Waals surface area contributed by atoms with Gasteiger partial charge in [0.25, 0.3) is 5.91 Å². The van der Waals surface area contributed by atoms with Crippen LogP contribution in [-0.4, -0.2) is 38.3 Å². The Balaban J connectivity index is 1.94. The minimum atomic E-state index is -3.84. The van der Waals surface area contributed by atoms with Crippen LogP contribution in [0.1, 0.15) is 36.5 Å². The number of ether oxygens (including phenoxy) is 1. The third-order valence-electron chi connectivity index (χ3n) is 4.69. The molecule has 0 bridgehead atoms. The lowest BCUT2D eigenvalue weighted by Gasteiger charge is -2.27. The van der Waals surface area contributed by atoms with Crippen LogP contribution < -0.4 is 10.1 Å². The second kappa shape index (κ2) is 9.28. The lowest BCUT2D eigenvalue weighted by molar-refractivity contribution is 0.102. The van der Waals surface area contributed by atoms with Gasteiger partial charge in [-0.1, -0.05) is 18.0 Å². The van der Waals surface area contributed by atoms with Crippen LogP contribution in [0.4, 0.5) is 14.5 Å². The predicted octanol–water partition coefficient (Wildman–Crippen LogP) is 4.44. The zero-order valence-electron chi connectivity index (χ0n) is 16.3. The molecule has 1 amide bonds. The number of piperidine rings is 1. The molecule has 6 nitrogen and oxygen atoms in total. The van der Waals surface area contributed by atoms with Crippen molar-refractivity contribution in [2.75, 3.05) is 25.0 Å². The second-order valence-corrected chi connectivity index (χ2v) is 9.07. The van der Waals surface area contributed by atoms with Gasteiger partial charge in [-0.3, -0.25) is 4.79 Å². The summed E-state index contributed by atoms with van der Waals surface area (Å²) in [7, 11) is -3.84. The van der Waals surface area contributed by atoms with E-state index in [-0.39, 0.29) is 33.5 Å². The molecule has 0 unspecified atom stereocenters. The quantitative estimate of drug-likeness (QED) is 0.649. The molecule has 162 valence electrons. The van der Waals surface area contributed by atoms with Crippen molar-refractivity contribution in [3.05, 3.63) is 52.6 Å². The summed E-state index contributed by atoms with van der Waals surface area (Å²) >= 11 is 5.84. The van der Waals surface area contributed by atoms with E-state index in [4.69, 9.17) is 16.3 Å². The van der Waals surface area contributed by atoms with E-state index in [1.54, 1.807) is 6.92 Å². The Morgan fingerprint density at radius 3 is 2.47 bits per heavy atom. The first-order valence-corrected chi connectivity index (χ1v) is 11.3. The summed E-state index contributed by atoms with van der Waals surface area (Å²) in [4.78, 5) is 12.4. The molecule has 30 heavy (non-hydrogen) atoms. The van der Waals surface area contributed by atoms with Gasteiger partial charge in [-0.05, 0) is 50.1 Å². The molecular weight excluding hydrogens is 438 g/mol. The van der Waals surface area contributed by atoms with E-state index >= 15 is 0 Å². The number of hydrogen-bond acceptors (Lipinski definition) is 4. The van der Waals surface area contributed by atoms with Crippen LogP contribution in [-0.2, 0) is 10.0 Å². The number of amides is 1. The van der Waals surface area contributed by atoms with E-state index in [1.165, 1.54) is 22.5 Å². The van der Waals surface area contributed by atoms with Gasteiger partial charge in [0.05, 0.1) is 17.2 Å². The van der Waals surface area contributed by atoms with Gasteiger partial charge in [-0.2, -0.15) is 4.31 Å². The first-order chi connectivity index (χ1) is 14.2.